The first-order valence-corrected chi connectivity index (χ1v) is 14.2. The molecule has 1 N–H and O–H groups in total. The van der Waals surface area contributed by atoms with Crippen molar-refractivity contribution in [2.24, 2.45) is 0 Å². The van der Waals surface area contributed by atoms with Crippen molar-refractivity contribution < 1.29 is 22.9 Å². The van der Waals surface area contributed by atoms with E-state index in [1.807, 2.05) is 36.4 Å². The van der Waals surface area contributed by atoms with Crippen molar-refractivity contribution in [1.82, 2.24) is 10.2 Å². The van der Waals surface area contributed by atoms with Gasteiger partial charge in [0.25, 0.3) is 5.69 Å². The SMILES string of the molecule is CNC(=O)[C@H](Cc1ccccc1)N(Cc1cccc(Br)c1)C(=O)CN(c1cccc([N+](=O)[O-])c1)S(C)(=O)=O. The lowest BCUT2D eigenvalue weighted by atomic mass is 10.0. The number of non-ortho nitro benzene ring substituents is 1. The molecule has 0 bridgehead atoms. The highest BCUT2D eigenvalue weighted by molar-refractivity contribution is 9.10. The van der Waals surface area contributed by atoms with E-state index in [0.29, 0.717) is 0 Å². The molecule has 3 aromatic rings. The Kier molecular flexibility index (Phi) is 9.59. The van der Waals surface area contributed by atoms with Gasteiger partial charge in [-0.2, -0.15) is 0 Å². The molecule has 0 spiro atoms. The third kappa shape index (κ3) is 7.62. The van der Waals surface area contributed by atoms with Gasteiger partial charge in [-0.05, 0) is 29.3 Å². The molecule has 0 aromatic heterocycles. The molecule has 0 saturated carbocycles. The number of nitro benzene ring substituents is 1. The summed E-state index contributed by atoms with van der Waals surface area (Å²) in [6, 6.07) is 20.5. The van der Waals surface area contributed by atoms with Crippen LogP contribution < -0.4 is 9.62 Å². The van der Waals surface area contributed by atoms with Crippen LogP contribution in [0.3, 0.4) is 0 Å². The third-order valence-corrected chi connectivity index (χ3v) is 7.40. The second-order valence-corrected chi connectivity index (χ2v) is 11.3. The van der Waals surface area contributed by atoms with Crippen molar-refractivity contribution in [2.45, 2.75) is 19.0 Å². The minimum atomic E-state index is -4.02. The van der Waals surface area contributed by atoms with Crippen molar-refractivity contribution in [3.05, 3.63) is 105 Å². The maximum absolute atomic E-state index is 13.8. The highest BCUT2D eigenvalue weighted by atomic mass is 79.9. The number of nitro groups is 1. The molecule has 38 heavy (non-hydrogen) atoms. The summed E-state index contributed by atoms with van der Waals surface area (Å²) in [5, 5.41) is 13.9. The molecule has 0 unspecified atom stereocenters. The second kappa shape index (κ2) is 12.7. The normalized spacial score (nSPS) is 11.9. The van der Waals surface area contributed by atoms with E-state index in [9.17, 15) is 28.1 Å². The molecule has 0 aliphatic heterocycles. The Labute approximate surface area is 229 Å². The molecule has 3 rings (SSSR count). The molecular formula is C26H27BrN4O6S. The highest BCUT2D eigenvalue weighted by Crippen LogP contribution is 2.24. The number of halogens is 1. The van der Waals surface area contributed by atoms with E-state index in [-0.39, 0.29) is 24.3 Å². The molecule has 1 atom stereocenters. The molecular weight excluding hydrogens is 576 g/mol. The number of nitrogens with zero attached hydrogens (tertiary/aromatic N) is 3. The largest absolute Gasteiger partial charge is 0.357 e. The van der Waals surface area contributed by atoms with E-state index in [1.54, 1.807) is 18.2 Å². The maximum Gasteiger partial charge on any atom is 0.271 e. The van der Waals surface area contributed by atoms with Crippen LogP contribution >= 0.6 is 15.9 Å². The van der Waals surface area contributed by atoms with Gasteiger partial charge in [-0.25, -0.2) is 8.42 Å². The minimum absolute atomic E-state index is 0.0235. The van der Waals surface area contributed by atoms with E-state index in [1.165, 1.54) is 30.1 Å². The fourth-order valence-corrected chi connectivity index (χ4v) is 5.22. The first kappa shape index (κ1) is 28.8. The topological polar surface area (TPSA) is 130 Å². The minimum Gasteiger partial charge on any atom is -0.357 e. The van der Waals surface area contributed by atoms with E-state index < -0.39 is 39.3 Å². The van der Waals surface area contributed by atoms with Crippen molar-refractivity contribution >= 4 is 49.1 Å². The Morgan fingerprint density at radius 2 is 1.66 bits per heavy atom. The van der Waals surface area contributed by atoms with Crippen LogP contribution in [0.25, 0.3) is 0 Å². The molecule has 0 aliphatic rings. The average Bonchev–Trinajstić information content (AvgIpc) is 2.88. The predicted octanol–water partition coefficient (Wildman–Crippen LogP) is 3.51. The lowest BCUT2D eigenvalue weighted by Gasteiger charge is -2.33. The molecule has 10 nitrogen and oxygen atoms in total. The number of hydrogen-bond acceptors (Lipinski definition) is 6. The summed E-state index contributed by atoms with van der Waals surface area (Å²) >= 11 is 3.41. The van der Waals surface area contributed by atoms with Gasteiger partial charge in [-0.3, -0.25) is 24.0 Å². The van der Waals surface area contributed by atoms with Gasteiger partial charge in [0.05, 0.1) is 16.9 Å². The summed E-state index contributed by atoms with van der Waals surface area (Å²) in [6.07, 6.45) is 1.11. The van der Waals surface area contributed by atoms with Gasteiger partial charge in [0.1, 0.15) is 12.6 Å². The zero-order chi connectivity index (χ0) is 27.9. The predicted molar refractivity (Wildman–Crippen MR) is 148 cm³/mol. The first-order valence-electron chi connectivity index (χ1n) is 11.5. The smallest absolute Gasteiger partial charge is 0.271 e. The standard InChI is InChI=1S/C26H27BrN4O6S/c1-28-26(33)24(15-19-8-4-3-5-9-19)29(17-20-10-6-11-21(27)14-20)25(32)18-30(38(2,36)37)22-12-7-13-23(16-22)31(34)35/h3-14,16,24H,15,17-18H2,1-2H3,(H,28,33)/t24-/m0/s1. The molecule has 2 amide bonds. The number of rotatable bonds is 11. The van der Waals surface area contributed by atoms with Crippen molar-refractivity contribution in [1.29, 1.82) is 0 Å². The Bertz CT molecular complexity index is 1420. The monoisotopic (exact) mass is 602 g/mol. The van der Waals surface area contributed by atoms with Crippen LogP contribution in [0.15, 0.2) is 83.3 Å². The third-order valence-electron chi connectivity index (χ3n) is 5.77. The Balaban J connectivity index is 2.04. The van der Waals surface area contributed by atoms with Crippen molar-refractivity contribution in [3.8, 4) is 0 Å². The zero-order valence-electron chi connectivity index (χ0n) is 20.8. The number of carbonyl (C=O) groups excluding carboxylic acids is 2. The van der Waals surface area contributed by atoms with Gasteiger partial charge in [-0.15, -0.1) is 0 Å². The van der Waals surface area contributed by atoms with Crippen molar-refractivity contribution in [3.63, 3.8) is 0 Å². The van der Waals surface area contributed by atoms with Crippen LogP contribution in [-0.2, 0) is 32.6 Å². The highest BCUT2D eigenvalue weighted by Gasteiger charge is 2.33. The Morgan fingerprint density at radius 1 is 1.00 bits per heavy atom. The lowest BCUT2D eigenvalue weighted by Crippen LogP contribution is -2.52. The Morgan fingerprint density at radius 3 is 2.26 bits per heavy atom. The van der Waals surface area contributed by atoms with E-state index in [0.717, 1.165) is 32.2 Å². The zero-order valence-corrected chi connectivity index (χ0v) is 23.2. The van der Waals surface area contributed by atoms with Gasteiger partial charge in [0, 0.05) is 36.6 Å². The summed E-state index contributed by atoms with van der Waals surface area (Å²) in [6.45, 7) is -0.633. The summed E-state index contributed by atoms with van der Waals surface area (Å²) in [7, 11) is -2.56. The summed E-state index contributed by atoms with van der Waals surface area (Å²) in [5.74, 6) is -1.06. The fraction of sp³-hybridized carbons (Fsp3) is 0.231. The van der Waals surface area contributed by atoms with Crippen LogP contribution in [0, 0.1) is 10.1 Å². The van der Waals surface area contributed by atoms with Crippen LogP contribution in [0.1, 0.15) is 11.1 Å². The summed E-state index contributed by atoms with van der Waals surface area (Å²) in [4.78, 5) is 38.9. The first-order chi connectivity index (χ1) is 18.0. The number of likely N-dealkylation sites (N-methyl/N-ethyl adjacent to an activating group) is 1. The van der Waals surface area contributed by atoms with Gasteiger partial charge in [0.2, 0.25) is 21.8 Å². The molecule has 0 aliphatic carbocycles. The average molecular weight is 603 g/mol. The molecule has 200 valence electrons. The molecule has 12 heteroatoms. The number of nitrogens with one attached hydrogen (secondary N) is 1. The van der Waals surface area contributed by atoms with E-state index in [4.69, 9.17) is 0 Å². The number of anilines is 1. The number of amides is 2. The van der Waals surface area contributed by atoms with E-state index >= 15 is 0 Å². The summed E-state index contributed by atoms with van der Waals surface area (Å²) < 4.78 is 27.0. The fourth-order valence-electron chi connectivity index (χ4n) is 3.93. The number of sulfonamides is 1. The van der Waals surface area contributed by atoms with Crippen LogP contribution in [0.4, 0.5) is 11.4 Å². The maximum atomic E-state index is 13.8. The van der Waals surface area contributed by atoms with Gasteiger partial charge >= 0.3 is 0 Å². The van der Waals surface area contributed by atoms with Crippen LogP contribution in [0.2, 0.25) is 0 Å². The number of benzene rings is 3. The number of hydrogen-bond donors (Lipinski definition) is 1. The van der Waals surface area contributed by atoms with Crippen molar-refractivity contribution in [2.75, 3.05) is 24.2 Å². The van der Waals surface area contributed by atoms with Crippen LogP contribution in [0.5, 0.6) is 0 Å². The number of carbonyl (C=O) groups is 2. The van der Waals surface area contributed by atoms with Gasteiger partial charge in [0.15, 0.2) is 0 Å². The Hall–Kier alpha value is -3.77. The van der Waals surface area contributed by atoms with Gasteiger partial charge < -0.3 is 10.2 Å². The molecule has 0 heterocycles. The van der Waals surface area contributed by atoms with E-state index in [2.05, 4.69) is 21.2 Å². The molecule has 0 fully saturated rings. The molecule has 0 saturated heterocycles. The van der Waals surface area contributed by atoms with Crippen LogP contribution in [-0.4, -0.2) is 55.9 Å². The lowest BCUT2D eigenvalue weighted by molar-refractivity contribution is -0.384. The molecule has 0 radical (unpaired) electrons. The second-order valence-electron chi connectivity index (χ2n) is 8.52. The van der Waals surface area contributed by atoms with Gasteiger partial charge in [-0.1, -0.05) is 64.5 Å². The molecule has 3 aromatic carbocycles. The quantitative estimate of drug-likeness (QED) is 0.264. The summed E-state index contributed by atoms with van der Waals surface area (Å²) in [5.41, 5.74) is 1.18.